The zero-order valence-electron chi connectivity index (χ0n) is 10.9. The van der Waals surface area contributed by atoms with Crippen molar-refractivity contribution < 1.29 is 0 Å². The van der Waals surface area contributed by atoms with Crippen molar-refractivity contribution >= 4 is 17.3 Å². The molecule has 7 nitrogen and oxygen atoms in total. The predicted octanol–water partition coefficient (Wildman–Crippen LogP) is 1.29. The number of nitrogens with one attached hydrogen (secondary N) is 3. The largest absolute Gasteiger partial charge is 0.362 e. The number of rotatable bonds is 3. The van der Waals surface area contributed by atoms with Crippen molar-refractivity contribution in [1.29, 1.82) is 0 Å². The van der Waals surface area contributed by atoms with E-state index in [2.05, 4.69) is 35.9 Å². The smallest absolute Gasteiger partial charge is 0.156 e. The predicted molar refractivity (Wildman–Crippen MR) is 73.0 cm³/mol. The first kappa shape index (κ1) is 11.6. The van der Waals surface area contributed by atoms with E-state index in [1.54, 1.807) is 12.4 Å². The second-order valence-electron chi connectivity index (χ2n) is 4.38. The molecule has 0 saturated carbocycles. The maximum Gasteiger partial charge on any atom is 0.156 e. The van der Waals surface area contributed by atoms with E-state index >= 15 is 0 Å². The van der Waals surface area contributed by atoms with Crippen LogP contribution in [-0.4, -0.2) is 26.6 Å². The van der Waals surface area contributed by atoms with Gasteiger partial charge in [0.15, 0.2) is 11.6 Å². The van der Waals surface area contributed by atoms with Crippen LogP contribution in [0.1, 0.15) is 17.2 Å². The summed E-state index contributed by atoms with van der Waals surface area (Å²) in [5.74, 6) is 2.36. The molecule has 0 atom stereocenters. The second kappa shape index (κ2) is 4.68. The first-order valence-corrected chi connectivity index (χ1v) is 6.10. The van der Waals surface area contributed by atoms with E-state index in [1.807, 2.05) is 13.8 Å². The standard InChI is InChI=1S/C12H15N7/c1-7-3-13-4-9(17-7)5-14-11-10-12(16-6-15-10)19-8(2)18-11/h3-4,15H,5-6H2,1-2H3,(H2,14,16,18,19). The zero-order chi connectivity index (χ0) is 13.2. The molecule has 1 aliphatic heterocycles. The molecule has 0 unspecified atom stereocenters. The van der Waals surface area contributed by atoms with Crippen LogP contribution < -0.4 is 16.0 Å². The van der Waals surface area contributed by atoms with Crippen molar-refractivity contribution in [1.82, 2.24) is 19.9 Å². The van der Waals surface area contributed by atoms with E-state index in [0.29, 0.717) is 13.2 Å². The third kappa shape index (κ3) is 2.40. The van der Waals surface area contributed by atoms with Gasteiger partial charge in [-0.1, -0.05) is 0 Å². The van der Waals surface area contributed by atoms with E-state index in [4.69, 9.17) is 0 Å². The Hall–Kier alpha value is -2.44. The zero-order valence-corrected chi connectivity index (χ0v) is 10.9. The first-order valence-electron chi connectivity index (χ1n) is 6.10. The van der Waals surface area contributed by atoms with E-state index in [1.165, 1.54) is 0 Å². The molecular weight excluding hydrogens is 242 g/mol. The van der Waals surface area contributed by atoms with E-state index in [0.717, 1.165) is 34.5 Å². The van der Waals surface area contributed by atoms with Crippen LogP contribution in [0.15, 0.2) is 12.4 Å². The van der Waals surface area contributed by atoms with Gasteiger partial charge in [0.2, 0.25) is 0 Å². The Bertz CT molecular complexity index is 611. The topological polar surface area (TPSA) is 87.7 Å². The van der Waals surface area contributed by atoms with Gasteiger partial charge in [-0.2, -0.15) is 0 Å². The molecule has 0 amide bonds. The summed E-state index contributed by atoms with van der Waals surface area (Å²) >= 11 is 0. The highest BCUT2D eigenvalue weighted by Gasteiger charge is 2.17. The Morgan fingerprint density at radius 1 is 1.16 bits per heavy atom. The fourth-order valence-corrected chi connectivity index (χ4v) is 1.99. The Morgan fingerprint density at radius 2 is 2.05 bits per heavy atom. The lowest BCUT2D eigenvalue weighted by Gasteiger charge is -2.10. The number of anilines is 3. The summed E-state index contributed by atoms with van der Waals surface area (Å²) in [6.07, 6.45) is 3.49. The molecule has 3 rings (SSSR count). The van der Waals surface area contributed by atoms with Gasteiger partial charge in [-0.25, -0.2) is 9.97 Å². The molecule has 3 N–H and O–H groups in total. The van der Waals surface area contributed by atoms with Crippen LogP contribution in [0.25, 0.3) is 0 Å². The number of hydrogen-bond donors (Lipinski definition) is 3. The van der Waals surface area contributed by atoms with Gasteiger partial charge in [-0.3, -0.25) is 9.97 Å². The SMILES string of the molecule is Cc1cncc(CNc2nc(C)nc3c2NCN3)n1. The van der Waals surface area contributed by atoms with Crippen molar-refractivity contribution in [2.45, 2.75) is 20.4 Å². The van der Waals surface area contributed by atoms with Crippen LogP contribution in [0, 0.1) is 13.8 Å². The fraction of sp³-hybridized carbons (Fsp3) is 0.333. The van der Waals surface area contributed by atoms with Gasteiger partial charge in [0, 0.05) is 6.20 Å². The van der Waals surface area contributed by atoms with Crippen LogP contribution in [-0.2, 0) is 6.54 Å². The molecule has 7 heteroatoms. The number of aryl methyl sites for hydroxylation is 2. The summed E-state index contributed by atoms with van der Waals surface area (Å²) in [5.41, 5.74) is 2.70. The van der Waals surface area contributed by atoms with Gasteiger partial charge in [-0.05, 0) is 13.8 Å². The molecular formula is C12H15N7. The molecule has 0 aliphatic carbocycles. The van der Waals surface area contributed by atoms with Crippen molar-refractivity contribution in [3.05, 3.63) is 29.6 Å². The molecule has 19 heavy (non-hydrogen) atoms. The van der Waals surface area contributed by atoms with Gasteiger partial charge in [0.1, 0.15) is 11.5 Å². The highest BCUT2D eigenvalue weighted by Crippen LogP contribution is 2.30. The second-order valence-corrected chi connectivity index (χ2v) is 4.38. The van der Waals surface area contributed by atoms with Crippen LogP contribution in [0.4, 0.5) is 17.3 Å². The first-order chi connectivity index (χ1) is 9.22. The highest BCUT2D eigenvalue weighted by molar-refractivity contribution is 5.80. The molecule has 98 valence electrons. The Balaban J connectivity index is 1.81. The number of aromatic nitrogens is 4. The lowest BCUT2D eigenvalue weighted by atomic mass is 10.3. The summed E-state index contributed by atoms with van der Waals surface area (Å²) in [7, 11) is 0. The van der Waals surface area contributed by atoms with E-state index in [9.17, 15) is 0 Å². The molecule has 0 aromatic carbocycles. The average molecular weight is 257 g/mol. The normalized spacial score (nSPS) is 12.5. The Kier molecular flexibility index (Phi) is 2.86. The lowest BCUT2D eigenvalue weighted by Crippen LogP contribution is -2.07. The molecule has 1 aliphatic rings. The number of nitrogens with zero attached hydrogens (tertiary/aromatic N) is 4. The van der Waals surface area contributed by atoms with Crippen molar-refractivity contribution in [3.63, 3.8) is 0 Å². The molecule has 0 bridgehead atoms. The van der Waals surface area contributed by atoms with Gasteiger partial charge < -0.3 is 16.0 Å². The van der Waals surface area contributed by atoms with Crippen LogP contribution in [0.2, 0.25) is 0 Å². The minimum absolute atomic E-state index is 0.583. The molecule has 0 spiro atoms. The average Bonchev–Trinajstić information content (AvgIpc) is 2.84. The minimum Gasteiger partial charge on any atom is -0.362 e. The Morgan fingerprint density at radius 3 is 2.89 bits per heavy atom. The fourth-order valence-electron chi connectivity index (χ4n) is 1.99. The molecule has 0 fully saturated rings. The third-order valence-electron chi connectivity index (χ3n) is 2.78. The molecule has 0 radical (unpaired) electrons. The van der Waals surface area contributed by atoms with E-state index in [-0.39, 0.29) is 0 Å². The van der Waals surface area contributed by atoms with Crippen molar-refractivity contribution in [2.24, 2.45) is 0 Å². The van der Waals surface area contributed by atoms with Crippen LogP contribution >= 0.6 is 0 Å². The van der Waals surface area contributed by atoms with Gasteiger partial charge >= 0.3 is 0 Å². The minimum atomic E-state index is 0.583. The summed E-state index contributed by atoms with van der Waals surface area (Å²) < 4.78 is 0. The van der Waals surface area contributed by atoms with E-state index < -0.39 is 0 Å². The van der Waals surface area contributed by atoms with Crippen molar-refractivity contribution in [2.75, 3.05) is 22.6 Å². The van der Waals surface area contributed by atoms with Crippen LogP contribution in [0.3, 0.4) is 0 Å². The highest BCUT2D eigenvalue weighted by atomic mass is 15.2. The number of hydrogen-bond acceptors (Lipinski definition) is 7. The third-order valence-corrected chi connectivity index (χ3v) is 2.78. The molecule has 3 heterocycles. The maximum absolute atomic E-state index is 4.41. The van der Waals surface area contributed by atoms with Gasteiger partial charge in [0.05, 0.1) is 30.8 Å². The van der Waals surface area contributed by atoms with Crippen molar-refractivity contribution in [3.8, 4) is 0 Å². The summed E-state index contributed by atoms with van der Waals surface area (Å²) in [4.78, 5) is 17.3. The summed E-state index contributed by atoms with van der Waals surface area (Å²) in [6.45, 7) is 5.05. The lowest BCUT2D eigenvalue weighted by molar-refractivity contribution is 0.959. The van der Waals surface area contributed by atoms with Gasteiger partial charge in [0.25, 0.3) is 0 Å². The van der Waals surface area contributed by atoms with Gasteiger partial charge in [-0.15, -0.1) is 0 Å². The molecule has 0 saturated heterocycles. The number of fused-ring (bicyclic) bond motifs is 1. The summed E-state index contributed by atoms with van der Waals surface area (Å²) in [5, 5.41) is 9.64. The molecule has 2 aromatic heterocycles. The molecule has 2 aromatic rings. The Labute approximate surface area is 110 Å². The monoisotopic (exact) mass is 257 g/mol. The van der Waals surface area contributed by atoms with Crippen LogP contribution in [0.5, 0.6) is 0 Å². The quantitative estimate of drug-likeness (QED) is 0.763. The summed E-state index contributed by atoms with van der Waals surface area (Å²) in [6, 6.07) is 0. The maximum atomic E-state index is 4.41.